The lowest BCUT2D eigenvalue weighted by molar-refractivity contribution is -0.142. The lowest BCUT2D eigenvalue weighted by Crippen LogP contribution is -2.54. The molecule has 2 unspecified atom stereocenters. The Kier molecular flexibility index (Phi) is 11.2. The van der Waals surface area contributed by atoms with Gasteiger partial charge in [-0.25, -0.2) is 4.79 Å². The van der Waals surface area contributed by atoms with Crippen molar-refractivity contribution in [1.82, 2.24) is 15.5 Å². The number of thiol groups is 1. The minimum Gasteiger partial charge on any atom is -0.444 e. The fourth-order valence-corrected chi connectivity index (χ4v) is 3.72. The number of hydrogen-bond acceptors (Lipinski definition) is 5. The molecule has 0 aliphatic rings. The molecule has 8 heteroatoms. The van der Waals surface area contributed by atoms with Crippen molar-refractivity contribution in [2.75, 3.05) is 12.3 Å². The Hall–Kier alpha value is -2.22. The van der Waals surface area contributed by atoms with E-state index in [0.29, 0.717) is 13.0 Å². The van der Waals surface area contributed by atoms with E-state index in [2.05, 4.69) is 23.3 Å². The Morgan fingerprint density at radius 2 is 1.76 bits per heavy atom. The Bertz CT molecular complexity index is 820. The minimum absolute atomic E-state index is 0.0755. The van der Waals surface area contributed by atoms with Crippen molar-refractivity contribution >= 4 is 30.5 Å². The van der Waals surface area contributed by atoms with E-state index < -0.39 is 23.8 Å². The second kappa shape index (κ2) is 12.9. The average molecular weight is 480 g/mol. The van der Waals surface area contributed by atoms with E-state index in [1.54, 1.807) is 25.7 Å². The summed E-state index contributed by atoms with van der Waals surface area (Å²) in [7, 11) is 0. The molecule has 0 bridgehead atoms. The number of carbonyl (C=O) groups is 3. The number of ether oxygens (including phenoxy) is 1. The summed E-state index contributed by atoms with van der Waals surface area (Å²) in [5, 5.41) is 5.59. The largest absolute Gasteiger partial charge is 0.444 e. The summed E-state index contributed by atoms with van der Waals surface area (Å²) in [6, 6.07) is 4.00. The summed E-state index contributed by atoms with van der Waals surface area (Å²) < 4.78 is 5.32. The summed E-state index contributed by atoms with van der Waals surface area (Å²) in [4.78, 5) is 41.0. The Balaban J connectivity index is 3.41. The van der Waals surface area contributed by atoms with Gasteiger partial charge >= 0.3 is 6.09 Å². The molecule has 2 atom stereocenters. The molecule has 2 N–H and O–H groups in total. The second-order valence-electron chi connectivity index (χ2n) is 9.69. The smallest absolute Gasteiger partial charge is 0.408 e. The van der Waals surface area contributed by atoms with Crippen LogP contribution in [0.15, 0.2) is 18.2 Å². The van der Waals surface area contributed by atoms with Gasteiger partial charge in [0.1, 0.15) is 17.7 Å². The molecule has 0 radical (unpaired) electrons. The normalized spacial score (nSPS) is 13.3. The molecule has 1 aromatic carbocycles. The highest BCUT2D eigenvalue weighted by molar-refractivity contribution is 7.80. The molecule has 0 aliphatic carbocycles. The molecule has 0 saturated heterocycles. The Labute approximate surface area is 204 Å². The van der Waals surface area contributed by atoms with Crippen LogP contribution in [0.4, 0.5) is 4.79 Å². The zero-order chi connectivity index (χ0) is 25.3. The second-order valence-corrected chi connectivity index (χ2v) is 10.1. The molecular weight excluding hydrogens is 438 g/mol. The van der Waals surface area contributed by atoms with Crippen molar-refractivity contribution in [2.24, 2.45) is 0 Å². The van der Waals surface area contributed by atoms with Gasteiger partial charge in [-0.2, -0.15) is 12.6 Å². The monoisotopic (exact) mass is 479 g/mol. The molecule has 0 spiro atoms. The zero-order valence-corrected chi connectivity index (χ0v) is 22.2. The number of benzene rings is 1. The molecule has 186 valence electrons. The van der Waals surface area contributed by atoms with Crippen LogP contribution in [0.25, 0.3) is 0 Å². The Morgan fingerprint density at radius 1 is 1.12 bits per heavy atom. The molecule has 1 rings (SSSR count). The van der Waals surface area contributed by atoms with Crippen LogP contribution in [0.3, 0.4) is 0 Å². The lowest BCUT2D eigenvalue weighted by Gasteiger charge is -2.35. The van der Waals surface area contributed by atoms with Gasteiger partial charge < -0.3 is 20.3 Å². The molecule has 7 nitrogen and oxygen atoms in total. The number of carbonyl (C=O) groups excluding carboxylic acids is 3. The summed E-state index contributed by atoms with van der Waals surface area (Å²) in [5.41, 5.74) is 2.06. The van der Waals surface area contributed by atoms with Crippen molar-refractivity contribution in [2.45, 2.75) is 92.0 Å². The number of nitrogens with zero attached hydrogens (tertiary/aromatic N) is 1. The maximum absolute atomic E-state index is 13.7. The summed E-state index contributed by atoms with van der Waals surface area (Å²) in [6.45, 7) is 15.4. The van der Waals surface area contributed by atoms with Crippen molar-refractivity contribution in [3.05, 3.63) is 34.9 Å². The van der Waals surface area contributed by atoms with Crippen molar-refractivity contribution in [3.8, 4) is 0 Å². The number of aryl methyl sites for hydroxylation is 2. The van der Waals surface area contributed by atoms with Gasteiger partial charge in [0, 0.05) is 18.3 Å². The molecule has 0 heterocycles. The Morgan fingerprint density at radius 3 is 2.24 bits per heavy atom. The van der Waals surface area contributed by atoms with Crippen LogP contribution < -0.4 is 10.6 Å². The van der Waals surface area contributed by atoms with Gasteiger partial charge in [0.2, 0.25) is 11.8 Å². The molecule has 33 heavy (non-hydrogen) atoms. The number of rotatable bonds is 10. The summed E-state index contributed by atoms with van der Waals surface area (Å²) in [6.07, 6.45) is 0.869. The average Bonchev–Trinajstić information content (AvgIpc) is 2.67. The van der Waals surface area contributed by atoms with Crippen LogP contribution in [0, 0.1) is 13.8 Å². The van der Waals surface area contributed by atoms with Gasteiger partial charge in [0.15, 0.2) is 0 Å². The number of nitrogens with one attached hydrogen (secondary N) is 2. The van der Waals surface area contributed by atoms with E-state index in [4.69, 9.17) is 4.74 Å². The SMILES string of the molecule is CCCCN(C(=O)C(CS)NC(=O)OC(C)(C)C)C(C(=O)NC(C)C)c1ccc(C)cc1C. The molecule has 1 aromatic rings. The molecular formula is C25H41N3O4S. The molecule has 0 saturated carbocycles. The van der Waals surface area contributed by atoms with Crippen LogP contribution in [0.2, 0.25) is 0 Å². The first-order valence-electron chi connectivity index (χ1n) is 11.6. The van der Waals surface area contributed by atoms with Gasteiger partial charge in [-0.3, -0.25) is 9.59 Å². The topological polar surface area (TPSA) is 87.7 Å². The number of unbranched alkanes of at least 4 members (excludes halogenated alkanes) is 1. The van der Waals surface area contributed by atoms with Crippen molar-refractivity contribution < 1.29 is 19.1 Å². The van der Waals surface area contributed by atoms with Gasteiger partial charge in [-0.05, 0) is 66.0 Å². The van der Waals surface area contributed by atoms with Crippen LogP contribution in [-0.2, 0) is 14.3 Å². The third kappa shape index (κ3) is 9.27. The number of amides is 3. The van der Waals surface area contributed by atoms with E-state index in [1.165, 1.54) is 0 Å². The maximum Gasteiger partial charge on any atom is 0.408 e. The maximum atomic E-state index is 13.7. The molecule has 0 aliphatic heterocycles. The summed E-state index contributed by atoms with van der Waals surface area (Å²) in [5.74, 6) is -0.545. The van der Waals surface area contributed by atoms with E-state index in [9.17, 15) is 14.4 Å². The highest BCUT2D eigenvalue weighted by Gasteiger charge is 2.36. The van der Waals surface area contributed by atoms with Gasteiger partial charge in [0.05, 0.1) is 0 Å². The first kappa shape index (κ1) is 28.8. The van der Waals surface area contributed by atoms with E-state index >= 15 is 0 Å². The van der Waals surface area contributed by atoms with Crippen LogP contribution in [0.1, 0.15) is 77.1 Å². The number of hydrogen-bond donors (Lipinski definition) is 3. The third-order valence-corrected chi connectivity index (χ3v) is 5.28. The van der Waals surface area contributed by atoms with E-state index in [-0.39, 0.29) is 23.6 Å². The lowest BCUT2D eigenvalue weighted by atomic mass is 9.96. The highest BCUT2D eigenvalue weighted by Crippen LogP contribution is 2.27. The predicted octanol–water partition coefficient (Wildman–Crippen LogP) is 4.32. The van der Waals surface area contributed by atoms with Crippen molar-refractivity contribution in [3.63, 3.8) is 0 Å². The van der Waals surface area contributed by atoms with Crippen LogP contribution >= 0.6 is 12.6 Å². The first-order chi connectivity index (χ1) is 15.3. The van der Waals surface area contributed by atoms with E-state index in [0.717, 1.165) is 23.1 Å². The van der Waals surface area contributed by atoms with Crippen LogP contribution in [0.5, 0.6) is 0 Å². The van der Waals surface area contributed by atoms with Crippen LogP contribution in [-0.4, -0.2) is 52.8 Å². The van der Waals surface area contributed by atoms with E-state index in [1.807, 2.05) is 52.8 Å². The fraction of sp³-hybridized carbons (Fsp3) is 0.640. The predicted molar refractivity (Wildman–Crippen MR) is 136 cm³/mol. The van der Waals surface area contributed by atoms with Gasteiger partial charge in [0.25, 0.3) is 0 Å². The summed E-state index contributed by atoms with van der Waals surface area (Å²) >= 11 is 4.31. The van der Waals surface area contributed by atoms with Gasteiger partial charge in [-0.15, -0.1) is 0 Å². The minimum atomic E-state index is -0.930. The number of alkyl carbamates (subject to hydrolysis) is 1. The standard InChI is InChI=1S/C25H41N3O4S/c1-9-10-13-28(23(30)20(15-33)27-24(31)32-25(6,7)8)21(22(29)26-16(2)3)19-12-11-17(4)14-18(19)5/h11-12,14,16,20-21,33H,9-10,13,15H2,1-8H3,(H,26,29)(H,27,31). The molecule has 3 amide bonds. The molecule has 0 fully saturated rings. The zero-order valence-electron chi connectivity index (χ0n) is 21.3. The highest BCUT2D eigenvalue weighted by atomic mass is 32.1. The third-order valence-electron chi connectivity index (χ3n) is 4.92. The van der Waals surface area contributed by atoms with Gasteiger partial charge in [-0.1, -0.05) is 37.1 Å². The first-order valence-corrected chi connectivity index (χ1v) is 12.2. The fourth-order valence-electron chi connectivity index (χ4n) is 3.48. The quantitative estimate of drug-likeness (QED) is 0.436. The molecule has 0 aromatic heterocycles. The van der Waals surface area contributed by atoms with Crippen molar-refractivity contribution in [1.29, 1.82) is 0 Å².